The van der Waals surface area contributed by atoms with E-state index in [9.17, 15) is 4.79 Å². The zero-order chi connectivity index (χ0) is 10.6. The molecule has 0 aromatic heterocycles. The molecule has 1 heterocycles. The van der Waals surface area contributed by atoms with Crippen LogP contribution in [0.2, 0.25) is 0 Å². The summed E-state index contributed by atoms with van der Waals surface area (Å²) >= 11 is 5.73. The molecule has 1 fully saturated rings. The van der Waals surface area contributed by atoms with E-state index in [4.69, 9.17) is 16.7 Å². The molecule has 82 valence electrons. The summed E-state index contributed by atoms with van der Waals surface area (Å²) in [6.07, 6.45) is 2.85. The fraction of sp³-hybridized carbons (Fsp3) is 0.900. The van der Waals surface area contributed by atoms with E-state index in [-0.39, 0.29) is 12.5 Å². The van der Waals surface area contributed by atoms with Crippen molar-refractivity contribution in [3.05, 3.63) is 0 Å². The van der Waals surface area contributed by atoms with E-state index in [0.29, 0.717) is 5.92 Å². The Morgan fingerprint density at radius 1 is 1.57 bits per heavy atom. The molecule has 0 aromatic rings. The topological polar surface area (TPSA) is 40.5 Å². The fourth-order valence-electron chi connectivity index (χ4n) is 1.88. The lowest BCUT2D eigenvalue weighted by atomic mass is 9.94. The SMILES string of the molecule is C[C@@H](Cl)C(=O)N1CCC(CCO)CC1. The number of aliphatic hydroxyl groups excluding tert-OH is 1. The number of rotatable bonds is 3. The van der Waals surface area contributed by atoms with Gasteiger partial charge in [0.15, 0.2) is 0 Å². The van der Waals surface area contributed by atoms with Crippen LogP contribution in [0.4, 0.5) is 0 Å². The fourth-order valence-corrected chi connectivity index (χ4v) is 2.01. The van der Waals surface area contributed by atoms with Gasteiger partial charge in [-0.1, -0.05) is 0 Å². The van der Waals surface area contributed by atoms with Crippen LogP contribution < -0.4 is 0 Å². The van der Waals surface area contributed by atoms with Gasteiger partial charge in [0.2, 0.25) is 5.91 Å². The van der Waals surface area contributed by atoms with Gasteiger partial charge in [0.25, 0.3) is 0 Å². The standard InChI is InChI=1S/C10H18ClNO2/c1-8(11)10(14)12-5-2-9(3-6-12)4-7-13/h8-9,13H,2-7H2,1H3/t8-/m1/s1. The van der Waals surface area contributed by atoms with Gasteiger partial charge in [-0.05, 0) is 32.1 Å². The number of alkyl halides is 1. The highest BCUT2D eigenvalue weighted by atomic mass is 35.5. The Labute approximate surface area is 90.0 Å². The average Bonchev–Trinajstić information content (AvgIpc) is 2.18. The molecular weight excluding hydrogens is 202 g/mol. The number of piperidine rings is 1. The van der Waals surface area contributed by atoms with Gasteiger partial charge in [0.1, 0.15) is 5.38 Å². The van der Waals surface area contributed by atoms with Crippen LogP contribution in [0.15, 0.2) is 0 Å². The first-order valence-corrected chi connectivity index (χ1v) is 5.62. The van der Waals surface area contributed by atoms with Crippen LogP contribution in [0.25, 0.3) is 0 Å². The van der Waals surface area contributed by atoms with Crippen molar-refractivity contribution in [2.75, 3.05) is 19.7 Å². The van der Waals surface area contributed by atoms with Gasteiger partial charge < -0.3 is 10.0 Å². The maximum atomic E-state index is 11.5. The Kier molecular flexibility index (Phi) is 4.69. The Morgan fingerprint density at radius 2 is 2.14 bits per heavy atom. The number of carbonyl (C=O) groups excluding carboxylic acids is 1. The molecule has 0 saturated carbocycles. The molecule has 0 spiro atoms. The van der Waals surface area contributed by atoms with Gasteiger partial charge in [-0.2, -0.15) is 0 Å². The normalized spacial score (nSPS) is 20.9. The van der Waals surface area contributed by atoms with Gasteiger partial charge in [-0.25, -0.2) is 0 Å². The number of hydrogen-bond acceptors (Lipinski definition) is 2. The molecule has 1 aliphatic rings. The molecule has 0 radical (unpaired) electrons. The van der Waals surface area contributed by atoms with Crippen LogP contribution in [-0.4, -0.2) is 41.0 Å². The first-order chi connectivity index (χ1) is 6.65. The predicted molar refractivity (Wildman–Crippen MR) is 56.3 cm³/mol. The zero-order valence-electron chi connectivity index (χ0n) is 8.58. The summed E-state index contributed by atoms with van der Waals surface area (Å²) in [4.78, 5) is 13.3. The summed E-state index contributed by atoms with van der Waals surface area (Å²) in [6, 6.07) is 0. The van der Waals surface area contributed by atoms with Crippen LogP contribution in [0.1, 0.15) is 26.2 Å². The molecule has 0 aromatic carbocycles. The molecule has 1 N–H and O–H groups in total. The van der Waals surface area contributed by atoms with Gasteiger partial charge in [0, 0.05) is 19.7 Å². The van der Waals surface area contributed by atoms with E-state index in [1.807, 2.05) is 4.90 Å². The molecule has 1 aliphatic heterocycles. The number of hydrogen-bond donors (Lipinski definition) is 1. The first-order valence-electron chi connectivity index (χ1n) is 5.19. The summed E-state index contributed by atoms with van der Waals surface area (Å²) in [5.74, 6) is 0.615. The average molecular weight is 220 g/mol. The molecule has 1 rings (SSSR count). The van der Waals surface area contributed by atoms with E-state index in [0.717, 1.165) is 32.4 Å². The maximum absolute atomic E-state index is 11.5. The highest BCUT2D eigenvalue weighted by molar-refractivity contribution is 6.30. The number of amides is 1. The number of nitrogens with zero attached hydrogens (tertiary/aromatic N) is 1. The second-order valence-electron chi connectivity index (χ2n) is 3.90. The van der Waals surface area contributed by atoms with Gasteiger partial charge in [-0.15, -0.1) is 11.6 Å². The summed E-state index contributed by atoms with van der Waals surface area (Å²) in [7, 11) is 0. The molecular formula is C10H18ClNO2. The third-order valence-electron chi connectivity index (χ3n) is 2.80. The Morgan fingerprint density at radius 3 is 2.57 bits per heavy atom. The second-order valence-corrected chi connectivity index (χ2v) is 4.55. The smallest absolute Gasteiger partial charge is 0.240 e. The summed E-state index contributed by atoms with van der Waals surface area (Å²) in [6.45, 7) is 3.55. The second kappa shape index (κ2) is 5.56. The van der Waals surface area contributed by atoms with Crippen LogP contribution in [0, 0.1) is 5.92 Å². The maximum Gasteiger partial charge on any atom is 0.240 e. The minimum atomic E-state index is -0.413. The number of carbonyl (C=O) groups is 1. The minimum Gasteiger partial charge on any atom is -0.396 e. The molecule has 3 nitrogen and oxygen atoms in total. The van der Waals surface area contributed by atoms with Crippen LogP contribution >= 0.6 is 11.6 Å². The van der Waals surface area contributed by atoms with Crippen molar-refractivity contribution in [2.45, 2.75) is 31.6 Å². The molecule has 14 heavy (non-hydrogen) atoms. The largest absolute Gasteiger partial charge is 0.396 e. The Bertz CT molecular complexity index is 189. The molecule has 1 atom stereocenters. The van der Waals surface area contributed by atoms with Crippen molar-refractivity contribution < 1.29 is 9.90 Å². The van der Waals surface area contributed by atoms with Crippen molar-refractivity contribution in [2.24, 2.45) is 5.92 Å². The predicted octanol–water partition coefficient (Wildman–Crippen LogP) is 1.23. The minimum absolute atomic E-state index is 0.0362. The van der Waals surface area contributed by atoms with Crippen LogP contribution in [0.5, 0.6) is 0 Å². The highest BCUT2D eigenvalue weighted by Gasteiger charge is 2.24. The molecule has 1 amide bonds. The number of halogens is 1. The van der Waals surface area contributed by atoms with E-state index < -0.39 is 5.38 Å². The lowest BCUT2D eigenvalue weighted by molar-refractivity contribution is -0.131. The molecule has 1 saturated heterocycles. The Hall–Kier alpha value is -0.280. The van der Waals surface area contributed by atoms with E-state index in [1.165, 1.54) is 0 Å². The zero-order valence-corrected chi connectivity index (χ0v) is 9.33. The van der Waals surface area contributed by atoms with Crippen molar-refractivity contribution in [1.29, 1.82) is 0 Å². The third kappa shape index (κ3) is 3.14. The number of likely N-dealkylation sites (tertiary alicyclic amines) is 1. The van der Waals surface area contributed by atoms with Gasteiger partial charge >= 0.3 is 0 Å². The van der Waals surface area contributed by atoms with Crippen molar-refractivity contribution in [3.8, 4) is 0 Å². The van der Waals surface area contributed by atoms with Gasteiger partial charge in [-0.3, -0.25) is 4.79 Å². The molecule has 0 unspecified atom stereocenters. The molecule has 0 bridgehead atoms. The van der Waals surface area contributed by atoms with Crippen molar-refractivity contribution in [1.82, 2.24) is 4.90 Å². The summed E-state index contributed by atoms with van der Waals surface area (Å²) in [5.41, 5.74) is 0. The Balaban J connectivity index is 2.32. The van der Waals surface area contributed by atoms with Crippen molar-refractivity contribution in [3.63, 3.8) is 0 Å². The number of aliphatic hydroxyl groups is 1. The van der Waals surface area contributed by atoms with E-state index in [2.05, 4.69) is 0 Å². The van der Waals surface area contributed by atoms with E-state index >= 15 is 0 Å². The summed E-state index contributed by atoms with van der Waals surface area (Å²) < 4.78 is 0. The summed E-state index contributed by atoms with van der Waals surface area (Å²) in [5, 5.41) is 8.37. The van der Waals surface area contributed by atoms with E-state index in [1.54, 1.807) is 6.92 Å². The van der Waals surface area contributed by atoms with Crippen LogP contribution in [-0.2, 0) is 4.79 Å². The molecule has 0 aliphatic carbocycles. The molecule has 4 heteroatoms. The van der Waals surface area contributed by atoms with Crippen LogP contribution in [0.3, 0.4) is 0 Å². The first kappa shape index (κ1) is 11.8. The quantitative estimate of drug-likeness (QED) is 0.726. The van der Waals surface area contributed by atoms with Gasteiger partial charge in [0.05, 0.1) is 0 Å². The lowest BCUT2D eigenvalue weighted by Gasteiger charge is -2.32. The third-order valence-corrected chi connectivity index (χ3v) is 2.99. The highest BCUT2D eigenvalue weighted by Crippen LogP contribution is 2.20. The lowest BCUT2D eigenvalue weighted by Crippen LogP contribution is -2.41. The monoisotopic (exact) mass is 219 g/mol. The van der Waals surface area contributed by atoms with Crippen molar-refractivity contribution >= 4 is 17.5 Å².